The Hall–Kier alpha value is -3.60. The summed E-state index contributed by atoms with van der Waals surface area (Å²) in [5.41, 5.74) is 5.67. The third-order valence-corrected chi connectivity index (χ3v) is 5.19. The number of aromatic carboxylic acids is 1. The molecule has 1 aliphatic rings. The number of benzene rings is 3. The second kappa shape index (κ2) is 6.53. The first-order valence-electron chi connectivity index (χ1n) is 8.94. The van der Waals surface area contributed by atoms with Gasteiger partial charge in [-0.3, -0.25) is 4.79 Å². The van der Waals surface area contributed by atoms with E-state index < -0.39 is 5.97 Å². The number of carbonyl (C=O) groups is 2. The van der Waals surface area contributed by atoms with Gasteiger partial charge in [-0.25, -0.2) is 4.79 Å². The van der Waals surface area contributed by atoms with Gasteiger partial charge in [0, 0.05) is 5.56 Å². The number of amides is 1. The molecule has 1 heterocycles. The molecule has 0 bridgehead atoms. The molecular formula is C23H19NO4. The Balaban J connectivity index is 1.76. The fourth-order valence-electron chi connectivity index (χ4n) is 3.73. The molecule has 0 spiro atoms. The minimum atomic E-state index is -0.973. The van der Waals surface area contributed by atoms with Gasteiger partial charge < -0.3 is 15.1 Å². The first kappa shape index (κ1) is 17.8. The van der Waals surface area contributed by atoms with Crippen molar-refractivity contribution in [1.29, 1.82) is 0 Å². The molecule has 0 saturated carbocycles. The molecule has 5 nitrogen and oxygen atoms in total. The highest BCUT2D eigenvalue weighted by atomic mass is 16.4. The molecule has 3 aromatic rings. The van der Waals surface area contributed by atoms with E-state index in [-0.39, 0.29) is 17.2 Å². The lowest BCUT2D eigenvalue weighted by Crippen LogP contribution is -2.23. The number of carboxylic acids is 1. The number of hydrogen-bond donors (Lipinski definition) is 2. The van der Waals surface area contributed by atoms with Crippen LogP contribution < -0.4 is 4.90 Å². The Morgan fingerprint density at radius 2 is 1.75 bits per heavy atom. The van der Waals surface area contributed by atoms with Gasteiger partial charge in [0.2, 0.25) is 0 Å². The fraction of sp³-hybridized carbons (Fsp3) is 0.130. The third-order valence-electron chi connectivity index (χ3n) is 5.19. The summed E-state index contributed by atoms with van der Waals surface area (Å²) in [7, 11) is 0. The normalized spacial score (nSPS) is 12.9. The number of hydrogen-bond acceptors (Lipinski definition) is 3. The van der Waals surface area contributed by atoms with Crippen molar-refractivity contribution in [1.82, 2.24) is 0 Å². The second-order valence-electron chi connectivity index (χ2n) is 7.04. The lowest BCUT2D eigenvalue weighted by atomic mass is 9.95. The van der Waals surface area contributed by atoms with Crippen LogP contribution in [0.25, 0.3) is 11.1 Å². The van der Waals surface area contributed by atoms with Crippen molar-refractivity contribution >= 4 is 17.6 Å². The van der Waals surface area contributed by atoms with Crippen molar-refractivity contribution in [2.75, 3.05) is 4.90 Å². The summed E-state index contributed by atoms with van der Waals surface area (Å²) in [6.07, 6.45) is 0. The van der Waals surface area contributed by atoms with E-state index in [9.17, 15) is 19.8 Å². The topological polar surface area (TPSA) is 77.8 Å². The van der Waals surface area contributed by atoms with Gasteiger partial charge in [-0.1, -0.05) is 24.3 Å². The smallest absolute Gasteiger partial charge is 0.335 e. The van der Waals surface area contributed by atoms with Crippen LogP contribution in [0.2, 0.25) is 0 Å². The van der Waals surface area contributed by atoms with E-state index in [2.05, 4.69) is 0 Å². The minimum absolute atomic E-state index is 0.0754. The molecular weight excluding hydrogens is 354 g/mol. The molecule has 0 atom stereocenters. The molecule has 5 heteroatoms. The summed E-state index contributed by atoms with van der Waals surface area (Å²) < 4.78 is 0. The molecule has 0 fully saturated rings. The van der Waals surface area contributed by atoms with Crippen molar-refractivity contribution in [2.24, 2.45) is 0 Å². The monoisotopic (exact) mass is 373 g/mol. The molecule has 3 aromatic carbocycles. The number of rotatable bonds is 3. The molecule has 0 saturated heterocycles. The summed E-state index contributed by atoms with van der Waals surface area (Å²) in [5, 5.41) is 19.5. The zero-order valence-corrected chi connectivity index (χ0v) is 15.6. The van der Waals surface area contributed by atoms with Crippen LogP contribution in [0, 0.1) is 13.8 Å². The van der Waals surface area contributed by atoms with Crippen molar-refractivity contribution in [3.63, 3.8) is 0 Å². The highest BCUT2D eigenvalue weighted by Crippen LogP contribution is 2.38. The Labute approximate surface area is 162 Å². The lowest BCUT2D eigenvalue weighted by Gasteiger charge is -2.19. The van der Waals surface area contributed by atoms with Crippen LogP contribution >= 0.6 is 0 Å². The van der Waals surface area contributed by atoms with Gasteiger partial charge in [0.25, 0.3) is 5.91 Å². The quantitative estimate of drug-likeness (QED) is 0.707. The number of carbonyl (C=O) groups excluding carboxylic acids is 1. The van der Waals surface area contributed by atoms with E-state index in [1.807, 2.05) is 32.0 Å². The van der Waals surface area contributed by atoms with E-state index >= 15 is 0 Å². The number of carboxylic acid groups (broad SMARTS) is 1. The molecule has 0 aromatic heterocycles. The maximum atomic E-state index is 12.9. The maximum absolute atomic E-state index is 12.9. The number of aromatic hydroxyl groups is 1. The average Bonchev–Trinajstić information content (AvgIpc) is 2.97. The maximum Gasteiger partial charge on any atom is 0.335 e. The Morgan fingerprint density at radius 1 is 0.964 bits per heavy atom. The number of para-hydroxylation sites is 1. The van der Waals surface area contributed by atoms with Crippen LogP contribution in [-0.4, -0.2) is 22.1 Å². The Kier molecular flexibility index (Phi) is 4.15. The summed E-state index contributed by atoms with van der Waals surface area (Å²) in [6, 6.07) is 15.7. The number of anilines is 1. The SMILES string of the molecule is Cc1ccc(C(=O)O)cc1-c1ccc2c(c1)CN(c1c(C)cccc1O)C2=O. The standard InChI is InChI=1S/C23H19NO4/c1-13-6-7-16(23(27)28)11-19(13)15-8-9-18-17(10-15)12-24(22(18)26)21-14(2)4-3-5-20(21)25/h3-11,25H,12H2,1-2H3,(H,27,28). The summed E-state index contributed by atoms with van der Waals surface area (Å²) >= 11 is 0. The van der Waals surface area contributed by atoms with Crippen LogP contribution in [0.3, 0.4) is 0 Å². The number of phenolic OH excluding ortho intramolecular Hbond substituents is 1. The van der Waals surface area contributed by atoms with E-state index in [4.69, 9.17) is 0 Å². The van der Waals surface area contributed by atoms with E-state index in [0.717, 1.165) is 27.8 Å². The molecule has 4 rings (SSSR count). The first-order valence-corrected chi connectivity index (χ1v) is 8.94. The van der Waals surface area contributed by atoms with Crippen molar-refractivity contribution in [3.8, 4) is 16.9 Å². The van der Waals surface area contributed by atoms with Gasteiger partial charge in [0.1, 0.15) is 5.75 Å². The van der Waals surface area contributed by atoms with Crippen molar-refractivity contribution in [3.05, 3.63) is 82.4 Å². The summed E-state index contributed by atoms with van der Waals surface area (Å²) in [6.45, 7) is 4.15. The molecule has 0 aliphatic carbocycles. The Morgan fingerprint density at radius 3 is 2.46 bits per heavy atom. The average molecular weight is 373 g/mol. The largest absolute Gasteiger partial charge is 0.506 e. The van der Waals surface area contributed by atoms with E-state index in [1.54, 1.807) is 41.3 Å². The van der Waals surface area contributed by atoms with Gasteiger partial charge in [0.05, 0.1) is 17.8 Å². The zero-order chi connectivity index (χ0) is 20.0. The lowest BCUT2D eigenvalue weighted by molar-refractivity contribution is 0.0696. The fourth-order valence-corrected chi connectivity index (χ4v) is 3.73. The predicted octanol–water partition coefficient (Wildman–Crippen LogP) is 4.53. The molecule has 0 unspecified atom stereocenters. The van der Waals surface area contributed by atoms with Crippen LogP contribution in [0.15, 0.2) is 54.6 Å². The van der Waals surface area contributed by atoms with Gasteiger partial charge in [0.15, 0.2) is 0 Å². The van der Waals surface area contributed by atoms with Crippen LogP contribution in [0.4, 0.5) is 5.69 Å². The van der Waals surface area contributed by atoms with Crippen molar-refractivity contribution < 1.29 is 19.8 Å². The summed E-state index contributed by atoms with van der Waals surface area (Å²) in [4.78, 5) is 25.8. The molecule has 1 amide bonds. The van der Waals surface area contributed by atoms with Crippen LogP contribution in [0.1, 0.15) is 37.4 Å². The highest BCUT2D eigenvalue weighted by molar-refractivity contribution is 6.11. The van der Waals surface area contributed by atoms with Gasteiger partial charge >= 0.3 is 5.97 Å². The Bertz CT molecular complexity index is 1110. The number of phenols is 1. The molecule has 140 valence electrons. The minimum Gasteiger partial charge on any atom is -0.506 e. The molecule has 1 aliphatic heterocycles. The van der Waals surface area contributed by atoms with Crippen LogP contribution in [0.5, 0.6) is 5.75 Å². The second-order valence-corrected chi connectivity index (χ2v) is 7.04. The zero-order valence-electron chi connectivity index (χ0n) is 15.6. The summed E-state index contributed by atoms with van der Waals surface area (Å²) in [5.74, 6) is -1.05. The van der Waals surface area contributed by atoms with Gasteiger partial charge in [-0.2, -0.15) is 0 Å². The number of nitrogens with zero attached hydrogens (tertiary/aromatic N) is 1. The number of aryl methyl sites for hydroxylation is 2. The van der Waals surface area contributed by atoms with Gasteiger partial charge in [-0.05, 0) is 72.0 Å². The molecule has 0 radical (unpaired) electrons. The molecule has 2 N–H and O–H groups in total. The first-order chi connectivity index (χ1) is 13.4. The van der Waals surface area contributed by atoms with Gasteiger partial charge in [-0.15, -0.1) is 0 Å². The highest BCUT2D eigenvalue weighted by Gasteiger charge is 2.31. The molecule has 28 heavy (non-hydrogen) atoms. The predicted molar refractivity (Wildman–Crippen MR) is 107 cm³/mol. The van der Waals surface area contributed by atoms with E-state index in [1.165, 1.54) is 0 Å². The third kappa shape index (κ3) is 2.81. The van der Waals surface area contributed by atoms with Crippen LogP contribution in [-0.2, 0) is 6.54 Å². The number of fused-ring (bicyclic) bond motifs is 1. The van der Waals surface area contributed by atoms with E-state index in [0.29, 0.717) is 17.8 Å². The van der Waals surface area contributed by atoms with Crippen molar-refractivity contribution in [2.45, 2.75) is 20.4 Å².